The second-order valence-electron chi connectivity index (χ2n) is 8.18. The fraction of sp³-hybridized carbons (Fsp3) is 0.217. The van der Waals surface area contributed by atoms with Gasteiger partial charge in [0, 0.05) is 29.8 Å². The quantitative estimate of drug-likeness (QED) is 0.521. The molecular formula is C23H18ClFN6O4. The van der Waals surface area contributed by atoms with E-state index in [4.69, 9.17) is 11.6 Å². The van der Waals surface area contributed by atoms with Crippen LogP contribution >= 0.6 is 11.6 Å². The van der Waals surface area contributed by atoms with Gasteiger partial charge in [0.05, 0.1) is 16.8 Å². The van der Waals surface area contributed by atoms with Crippen LogP contribution in [0.25, 0.3) is 11.3 Å². The van der Waals surface area contributed by atoms with Gasteiger partial charge in [-0.25, -0.2) is 9.07 Å². The highest BCUT2D eigenvalue weighted by molar-refractivity contribution is 6.33. The molecule has 4 amide bonds. The minimum Gasteiger partial charge on any atom is -0.324 e. The predicted molar refractivity (Wildman–Crippen MR) is 122 cm³/mol. The van der Waals surface area contributed by atoms with E-state index in [1.54, 1.807) is 18.2 Å². The first-order valence-corrected chi connectivity index (χ1v) is 11.1. The molecule has 1 atom stereocenters. The number of aromatic nitrogens is 3. The Labute approximate surface area is 203 Å². The topological polar surface area (TPSA) is 126 Å². The summed E-state index contributed by atoms with van der Waals surface area (Å²) in [5.74, 6) is -2.21. The lowest BCUT2D eigenvalue weighted by molar-refractivity contribution is -0.137. The Morgan fingerprint density at radius 2 is 2.00 bits per heavy atom. The monoisotopic (exact) mass is 496 g/mol. The molecule has 0 spiro atoms. The van der Waals surface area contributed by atoms with Crippen LogP contribution in [-0.2, 0) is 27.5 Å². The van der Waals surface area contributed by atoms with Crippen LogP contribution in [0.1, 0.15) is 28.8 Å². The summed E-state index contributed by atoms with van der Waals surface area (Å²) < 4.78 is 15.4. The number of benzene rings is 2. The summed E-state index contributed by atoms with van der Waals surface area (Å²) in [6.45, 7) is -0.0936. The van der Waals surface area contributed by atoms with E-state index in [2.05, 4.69) is 20.9 Å². The zero-order valence-electron chi connectivity index (χ0n) is 18.1. The molecule has 0 bridgehead atoms. The zero-order valence-corrected chi connectivity index (χ0v) is 18.9. The average molecular weight is 497 g/mol. The van der Waals surface area contributed by atoms with Crippen molar-refractivity contribution in [2.24, 2.45) is 0 Å². The van der Waals surface area contributed by atoms with Crippen molar-refractivity contribution >= 4 is 40.9 Å². The van der Waals surface area contributed by atoms with Gasteiger partial charge < -0.3 is 10.2 Å². The number of carbonyl (C=O) groups excluding carboxylic acids is 4. The molecule has 10 nitrogen and oxygen atoms in total. The largest absolute Gasteiger partial charge is 0.324 e. The van der Waals surface area contributed by atoms with Crippen LogP contribution in [0.4, 0.5) is 10.1 Å². The number of amides is 4. The number of carbonyl (C=O) groups is 4. The number of nitrogens with zero attached hydrogens (tertiary/aromatic N) is 4. The van der Waals surface area contributed by atoms with Gasteiger partial charge in [-0.05, 0) is 30.7 Å². The highest BCUT2D eigenvalue weighted by Gasteiger charge is 2.40. The molecule has 2 aliphatic rings. The maximum absolute atomic E-state index is 14.1. The first-order valence-electron chi connectivity index (χ1n) is 10.7. The first-order chi connectivity index (χ1) is 16.8. The van der Waals surface area contributed by atoms with E-state index in [-0.39, 0.29) is 54.0 Å². The first kappa shape index (κ1) is 22.7. The number of hydrogen-bond donors (Lipinski definition) is 2. The van der Waals surface area contributed by atoms with Gasteiger partial charge in [-0.1, -0.05) is 28.9 Å². The van der Waals surface area contributed by atoms with Gasteiger partial charge in [-0.3, -0.25) is 24.5 Å². The zero-order chi connectivity index (χ0) is 24.7. The summed E-state index contributed by atoms with van der Waals surface area (Å²) in [7, 11) is 0. The van der Waals surface area contributed by atoms with E-state index in [1.807, 2.05) is 0 Å². The molecule has 0 saturated carbocycles. The summed E-state index contributed by atoms with van der Waals surface area (Å²) >= 11 is 6.07. The Kier molecular flexibility index (Phi) is 5.77. The third kappa shape index (κ3) is 4.26. The van der Waals surface area contributed by atoms with Crippen LogP contribution in [-0.4, -0.2) is 49.6 Å². The molecule has 1 fully saturated rings. The molecule has 0 radical (unpaired) electrons. The van der Waals surface area contributed by atoms with Gasteiger partial charge in [0.15, 0.2) is 0 Å². The molecule has 1 unspecified atom stereocenters. The molecule has 3 heterocycles. The maximum atomic E-state index is 14.1. The third-order valence-electron chi connectivity index (χ3n) is 5.92. The predicted octanol–water partition coefficient (Wildman–Crippen LogP) is 2.14. The third-order valence-corrected chi connectivity index (χ3v) is 6.23. The van der Waals surface area contributed by atoms with E-state index >= 15 is 0 Å². The van der Waals surface area contributed by atoms with Crippen LogP contribution in [0.15, 0.2) is 42.6 Å². The smallest absolute Gasteiger partial charge is 0.255 e. The average Bonchev–Trinajstić information content (AvgIpc) is 3.39. The van der Waals surface area contributed by atoms with Crippen molar-refractivity contribution in [2.45, 2.75) is 32.0 Å². The number of fused-ring (bicyclic) bond motifs is 1. The van der Waals surface area contributed by atoms with Gasteiger partial charge >= 0.3 is 0 Å². The van der Waals surface area contributed by atoms with Gasteiger partial charge in [0.2, 0.25) is 17.7 Å². The van der Waals surface area contributed by atoms with E-state index in [0.29, 0.717) is 16.8 Å². The Bertz CT molecular complexity index is 1370. The van der Waals surface area contributed by atoms with Crippen molar-refractivity contribution in [2.75, 3.05) is 5.32 Å². The summed E-state index contributed by atoms with van der Waals surface area (Å²) in [5, 5.41) is 13.0. The molecule has 1 aromatic heterocycles. The molecule has 178 valence electrons. The van der Waals surface area contributed by atoms with Crippen molar-refractivity contribution < 1.29 is 23.6 Å². The van der Waals surface area contributed by atoms with Crippen molar-refractivity contribution in [3.05, 3.63) is 64.6 Å². The van der Waals surface area contributed by atoms with Crippen molar-refractivity contribution in [3.8, 4) is 11.3 Å². The standard InChI is InChI=1S/C23H18ClFN6O4/c24-14-4-2-5-15(25)21(14)17-10-30(29-28-17)11-20(33)26-16-6-1-3-12-13(16)9-31(23(12)35)18-7-8-19(32)27-22(18)34/h1-6,10,18H,7-9,11H2,(H,26,33)(H,27,32,34). The molecular weight excluding hydrogens is 479 g/mol. The molecule has 2 aliphatic heterocycles. The number of rotatable bonds is 5. The second-order valence-corrected chi connectivity index (χ2v) is 8.59. The highest BCUT2D eigenvalue weighted by Crippen LogP contribution is 2.32. The van der Waals surface area contributed by atoms with Gasteiger partial charge in [-0.2, -0.15) is 0 Å². The SMILES string of the molecule is O=C1CCC(N2Cc3c(NC(=O)Cn4cc(-c5c(F)cccc5Cl)nn4)cccc3C2=O)C(=O)N1. The number of anilines is 1. The van der Waals surface area contributed by atoms with E-state index in [1.165, 1.54) is 34.0 Å². The summed E-state index contributed by atoms with van der Waals surface area (Å²) in [6.07, 6.45) is 1.80. The Balaban J connectivity index is 1.30. The lowest BCUT2D eigenvalue weighted by atomic mass is 10.0. The number of halogens is 2. The molecule has 12 heteroatoms. The molecule has 2 aromatic carbocycles. The van der Waals surface area contributed by atoms with Gasteiger partial charge in [0.25, 0.3) is 5.91 Å². The molecule has 35 heavy (non-hydrogen) atoms. The molecule has 1 saturated heterocycles. The van der Waals surface area contributed by atoms with Crippen molar-refractivity contribution in [1.82, 2.24) is 25.2 Å². The van der Waals surface area contributed by atoms with Crippen LogP contribution in [0.5, 0.6) is 0 Å². The van der Waals surface area contributed by atoms with Gasteiger partial charge in [-0.15, -0.1) is 5.10 Å². The fourth-order valence-corrected chi connectivity index (χ4v) is 4.53. The summed E-state index contributed by atoms with van der Waals surface area (Å²) in [6, 6.07) is 8.42. The Morgan fingerprint density at radius 1 is 1.20 bits per heavy atom. The van der Waals surface area contributed by atoms with E-state index in [0.717, 1.165) is 0 Å². The highest BCUT2D eigenvalue weighted by atomic mass is 35.5. The molecule has 3 aromatic rings. The maximum Gasteiger partial charge on any atom is 0.255 e. The number of imide groups is 1. The number of nitrogens with one attached hydrogen (secondary N) is 2. The van der Waals surface area contributed by atoms with Gasteiger partial charge in [0.1, 0.15) is 24.1 Å². The summed E-state index contributed by atoms with van der Waals surface area (Å²) in [4.78, 5) is 50.8. The van der Waals surface area contributed by atoms with Crippen molar-refractivity contribution in [3.63, 3.8) is 0 Å². The van der Waals surface area contributed by atoms with Crippen LogP contribution in [0.3, 0.4) is 0 Å². The van der Waals surface area contributed by atoms with Crippen LogP contribution in [0.2, 0.25) is 5.02 Å². The molecule has 0 aliphatic carbocycles. The number of piperidine rings is 1. The minimum atomic E-state index is -0.755. The second kappa shape index (κ2) is 8.91. The Morgan fingerprint density at radius 3 is 2.77 bits per heavy atom. The molecule has 2 N–H and O–H groups in total. The number of hydrogen-bond acceptors (Lipinski definition) is 6. The summed E-state index contributed by atoms with van der Waals surface area (Å²) in [5.41, 5.74) is 1.66. The van der Waals surface area contributed by atoms with Crippen LogP contribution in [0, 0.1) is 5.82 Å². The minimum absolute atomic E-state index is 0.0914. The van der Waals surface area contributed by atoms with Crippen molar-refractivity contribution in [1.29, 1.82) is 0 Å². The lowest BCUT2D eigenvalue weighted by Crippen LogP contribution is -2.52. The van der Waals surface area contributed by atoms with E-state index < -0.39 is 23.7 Å². The Hall–Kier alpha value is -4.12. The normalized spacial score (nSPS) is 17.4. The lowest BCUT2D eigenvalue weighted by Gasteiger charge is -2.29. The van der Waals surface area contributed by atoms with E-state index in [9.17, 15) is 23.6 Å². The fourth-order valence-electron chi connectivity index (χ4n) is 4.27. The molecule has 5 rings (SSSR count). The van der Waals surface area contributed by atoms with Crippen LogP contribution < -0.4 is 10.6 Å².